The highest BCUT2D eigenvalue weighted by Crippen LogP contribution is 2.22. The number of nitrogens with zero attached hydrogens (tertiary/aromatic N) is 2. The van der Waals surface area contributed by atoms with Gasteiger partial charge in [-0.2, -0.15) is 0 Å². The van der Waals surface area contributed by atoms with Gasteiger partial charge in [-0.1, -0.05) is 6.07 Å². The summed E-state index contributed by atoms with van der Waals surface area (Å²) < 4.78 is 5.43. The predicted octanol–water partition coefficient (Wildman–Crippen LogP) is 3.50. The summed E-state index contributed by atoms with van der Waals surface area (Å²) in [4.78, 5) is 18.5. The summed E-state index contributed by atoms with van der Waals surface area (Å²) in [6.45, 7) is 11.4. The molecule has 1 fully saturated rings. The Morgan fingerprint density at radius 3 is 2.71 bits per heavy atom. The topological polar surface area (TPSA) is 42.4 Å². The number of hydrogen-bond acceptors (Lipinski definition) is 3. The van der Waals surface area contributed by atoms with Gasteiger partial charge < -0.3 is 9.64 Å². The number of aromatic nitrogens is 1. The SMILES string of the molecule is Cc1ccc(CC2CCN(C(=O)OC(C)(C)C)C2)nc1C. The van der Waals surface area contributed by atoms with E-state index in [0.717, 1.165) is 37.3 Å². The van der Waals surface area contributed by atoms with Gasteiger partial charge in [-0.05, 0) is 65.0 Å². The molecule has 116 valence electrons. The number of likely N-dealkylation sites (tertiary alicyclic amines) is 1. The zero-order valence-corrected chi connectivity index (χ0v) is 13.8. The molecule has 0 N–H and O–H groups in total. The minimum absolute atomic E-state index is 0.196. The fourth-order valence-corrected chi connectivity index (χ4v) is 2.58. The molecule has 1 aliphatic rings. The van der Waals surface area contributed by atoms with Crippen LogP contribution in [-0.4, -0.2) is 34.7 Å². The van der Waals surface area contributed by atoms with Gasteiger partial charge in [0.2, 0.25) is 0 Å². The molecule has 1 aromatic heterocycles. The largest absolute Gasteiger partial charge is 0.444 e. The van der Waals surface area contributed by atoms with E-state index >= 15 is 0 Å². The van der Waals surface area contributed by atoms with Crippen molar-refractivity contribution in [3.05, 3.63) is 29.1 Å². The molecule has 0 saturated carbocycles. The Morgan fingerprint density at radius 1 is 1.38 bits per heavy atom. The molecule has 0 spiro atoms. The van der Waals surface area contributed by atoms with Gasteiger partial charge in [0.05, 0.1) is 0 Å². The molecular weight excluding hydrogens is 264 g/mol. The van der Waals surface area contributed by atoms with E-state index in [1.807, 2.05) is 32.6 Å². The third-order valence-electron chi connectivity index (χ3n) is 3.84. The highest BCUT2D eigenvalue weighted by atomic mass is 16.6. The van der Waals surface area contributed by atoms with Crippen molar-refractivity contribution < 1.29 is 9.53 Å². The van der Waals surface area contributed by atoms with Gasteiger partial charge in [-0.15, -0.1) is 0 Å². The molecule has 4 nitrogen and oxygen atoms in total. The summed E-state index contributed by atoms with van der Waals surface area (Å²) in [7, 11) is 0. The van der Waals surface area contributed by atoms with Crippen molar-refractivity contribution in [1.82, 2.24) is 9.88 Å². The van der Waals surface area contributed by atoms with Crippen LogP contribution in [0.1, 0.15) is 44.1 Å². The molecule has 1 unspecified atom stereocenters. The zero-order chi connectivity index (χ0) is 15.6. The molecule has 1 amide bonds. The van der Waals surface area contributed by atoms with Crippen LogP contribution >= 0.6 is 0 Å². The summed E-state index contributed by atoms with van der Waals surface area (Å²) in [6.07, 6.45) is 1.76. The van der Waals surface area contributed by atoms with Crippen molar-refractivity contribution in [3.8, 4) is 0 Å². The number of ether oxygens (including phenoxy) is 1. The molecule has 21 heavy (non-hydrogen) atoms. The minimum Gasteiger partial charge on any atom is -0.444 e. The Kier molecular flexibility index (Phi) is 4.55. The van der Waals surface area contributed by atoms with E-state index in [-0.39, 0.29) is 6.09 Å². The Balaban J connectivity index is 1.90. The quantitative estimate of drug-likeness (QED) is 0.837. The number of rotatable bonds is 2. The molecule has 1 aromatic rings. The fourth-order valence-electron chi connectivity index (χ4n) is 2.58. The van der Waals surface area contributed by atoms with Gasteiger partial charge in [0.25, 0.3) is 0 Å². The second-order valence-corrected chi connectivity index (χ2v) is 6.99. The van der Waals surface area contributed by atoms with E-state index in [1.54, 1.807) is 0 Å². The first kappa shape index (κ1) is 15.8. The number of pyridine rings is 1. The van der Waals surface area contributed by atoms with Crippen LogP contribution in [0.15, 0.2) is 12.1 Å². The number of carbonyl (C=O) groups is 1. The van der Waals surface area contributed by atoms with Crippen LogP contribution in [0.4, 0.5) is 4.79 Å². The summed E-state index contributed by atoms with van der Waals surface area (Å²) in [6, 6.07) is 4.22. The molecule has 4 heteroatoms. The van der Waals surface area contributed by atoms with Gasteiger partial charge >= 0.3 is 6.09 Å². The van der Waals surface area contributed by atoms with Crippen molar-refractivity contribution in [2.75, 3.05) is 13.1 Å². The lowest BCUT2D eigenvalue weighted by Gasteiger charge is -2.24. The molecule has 1 saturated heterocycles. The standard InChI is InChI=1S/C17H26N2O2/c1-12-6-7-15(18-13(12)2)10-14-8-9-19(11-14)16(20)21-17(3,4)5/h6-7,14H,8-11H2,1-5H3. The molecule has 1 aliphatic heterocycles. The molecule has 2 rings (SSSR count). The highest BCUT2D eigenvalue weighted by Gasteiger charge is 2.29. The molecule has 1 atom stereocenters. The van der Waals surface area contributed by atoms with E-state index in [1.165, 1.54) is 5.56 Å². The lowest BCUT2D eigenvalue weighted by Crippen LogP contribution is -2.35. The fraction of sp³-hybridized carbons (Fsp3) is 0.647. The van der Waals surface area contributed by atoms with Crippen molar-refractivity contribution in [1.29, 1.82) is 0 Å². The molecule has 0 bridgehead atoms. The van der Waals surface area contributed by atoms with Gasteiger partial charge in [0, 0.05) is 24.5 Å². The first-order valence-corrected chi connectivity index (χ1v) is 7.65. The van der Waals surface area contributed by atoms with Crippen molar-refractivity contribution in [2.45, 2.75) is 53.1 Å². The van der Waals surface area contributed by atoms with E-state index in [2.05, 4.69) is 24.0 Å². The van der Waals surface area contributed by atoms with Crippen LogP contribution in [-0.2, 0) is 11.2 Å². The van der Waals surface area contributed by atoms with Gasteiger partial charge in [0.1, 0.15) is 5.60 Å². The van der Waals surface area contributed by atoms with Crippen molar-refractivity contribution in [3.63, 3.8) is 0 Å². The van der Waals surface area contributed by atoms with Crippen LogP contribution in [0.2, 0.25) is 0 Å². The first-order chi connectivity index (χ1) is 9.74. The smallest absolute Gasteiger partial charge is 0.410 e. The van der Waals surface area contributed by atoms with Crippen LogP contribution in [0, 0.1) is 19.8 Å². The summed E-state index contributed by atoms with van der Waals surface area (Å²) in [5.74, 6) is 0.479. The highest BCUT2D eigenvalue weighted by molar-refractivity contribution is 5.68. The maximum absolute atomic E-state index is 12.0. The average molecular weight is 290 g/mol. The average Bonchev–Trinajstić information content (AvgIpc) is 2.80. The van der Waals surface area contributed by atoms with E-state index in [9.17, 15) is 4.79 Å². The summed E-state index contributed by atoms with van der Waals surface area (Å²) in [5, 5.41) is 0. The maximum atomic E-state index is 12.0. The second-order valence-electron chi connectivity index (χ2n) is 6.99. The van der Waals surface area contributed by atoms with Crippen LogP contribution in [0.25, 0.3) is 0 Å². The van der Waals surface area contributed by atoms with Gasteiger partial charge in [0.15, 0.2) is 0 Å². The number of hydrogen-bond donors (Lipinski definition) is 0. The van der Waals surface area contributed by atoms with Gasteiger partial charge in [-0.25, -0.2) is 4.79 Å². The lowest BCUT2D eigenvalue weighted by molar-refractivity contribution is 0.0288. The molecular formula is C17H26N2O2. The summed E-state index contributed by atoms with van der Waals surface area (Å²) >= 11 is 0. The van der Waals surface area contributed by atoms with Gasteiger partial charge in [-0.3, -0.25) is 4.98 Å². The summed E-state index contributed by atoms with van der Waals surface area (Å²) in [5.41, 5.74) is 3.01. The zero-order valence-electron chi connectivity index (χ0n) is 13.8. The third-order valence-corrected chi connectivity index (χ3v) is 3.84. The van der Waals surface area contributed by atoms with E-state index in [0.29, 0.717) is 5.92 Å². The number of aryl methyl sites for hydroxylation is 2. The molecule has 2 heterocycles. The Bertz CT molecular complexity index is 520. The maximum Gasteiger partial charge on any atom is 0.410 e. The minimum atomic E-state index is -0.426. The predicted molar refractivity (Wildman–Crippen MR) is 83.3 cm³/mol. The Hall–Kier alpha value is -1.58. The Labute approximate surface area is 127 Å². The first-order valence-electron chi connectivity index (χ1n) is 7.65. The second kappa shape index (κ2) is 6.04. The third kappa shape index (κ3) is 4.45. The van der Waals surface area contributed by atoms with E-state index in [4.69, 9.17) is 4.74 Å². The van der Waals surface area contributed by atoms with E-state index < -0.39 is 5.60 Å². The van der Waals surface area contributed by atoms with Crippen LogP contribution < -0.4 is 0 Å². The number of amides is 1. The Morgan fingerprint density at radius 2 is 2.10 bits per heavy atom. The molecule has 0 radical (unpaired) electrons. The van der Waals surface area contributed by atoms with Crippen LogP contribution in [0.3, 0.4) is 0 Å². The number of carbonyl (C=O) groups excluding carboxylic acids is 1. The van der Waals surface area contributed by atoms with Crippen LogP contribution in [0.5, 0.6) is 0 Å². The monoisotopic (exact) mass is 290 g/mol. The normalized spacial score (nSPS) is 18.9. The van der Waals surface area contributed by atoms with Crippen molar-refractivity contribution >= 4 is 6.09 Å². The molecule has 0 aromatic carbocycles. The lowest BCUT2D eigenvalue weighted by atomic mass is 10.0. The molecule has 0 aliphatic carbocycles. The van der Waals surface area contributed by atoms with Crippen molar-refractivity contribution in [2.24, 2.45) is 5.92 Å².